The second-order valence-electron chi connectivity index (χ2n) is 6.73. The van der Waals surface area contributed by atoms with Gasteiger partial charge in [0, 0.05) is 48.1 Å². The Morgan fingerprint density at radius 2 is 2.03 bits per heavy atom. The molecule has 1 unspecified atom stereocenters. The highest BCUT2D eigenvalue weighted by Crippen LogP contribution is 2.36. The van der Waals surface area contributed by atoms with Crippen LogP contribution in [-0.4, -0.2) is 45.7 Å². The van der Waals surface area contributed by atoms with Crippen LogP contribution in [0, 0.1) is 0 Å². The van der Waals surface area contributed by atoms with E-state index < -0.39 is 3.93 Å². The van der Waals surface area contributed by atoms with Gasteiger partial charge in [-0.25, -0.2) is 4.98 Å². The van der Waals surface area contributed by atoms with Gasteiger partial charge in [-0.1, -0.05) is 6.07 Å². The largest absolute Gasteiger partial charge is 0.377 e. The van der Waals surface area contributed by atoms with Gasteiger partial charge in [-0.3, -0.25) is 4.98 Å². The Morgan fingerprint density at radius 3 is 2.83 bits per heavy atom. The summed E-state index contributed by atoms with van der Waals surface area (Å²) < 4.78 is 30.2. The van der Waals surface area contributed by atoms with Gasteiger partial charge in [0.05, 0.1) is 24.6 Å². The minimum absolute atomic E-state index is 0.125. The van der Waals surface area contributed by atoms with Crippen LogP contribution in [0.5, 0.6) is 0 Å². The van der Waals surface area contributed by atoms with Crippen LogP contribution >= 0.6 is 22.6 Å². The molecule has 1 fully saturated rings. The monoisotopic (exact) mass is 512 g/mol. The first-order valence-corrected chi connectivity index (χ1v) is 10.2. The summed E-state index contributed by atoms with van der Waals surface area (Å²) in [4.78, 5) is 19.6. The summed E-state index contributed by atoms with van der Waals surface area (Å²) in [5.41, 5.74) is 0.694. The molecule has 0 aromatic carbocycles. The van der Waals surface area contributed by atoms with Gasteiger partial charge in [0.15, 0.2) is 5.65 Å². The number of ether oxygens (including phenoxy) is 1. The molecule has 3 aromatic rings. The van der Waals surface area contributed by atoms with Crippen molar-refractivity contribution in [2.75, 3.05) is 30.0 Å². The molecule has 1 N–H and O–H groups in total. The fourth-order valence-corrected chi connectivity index (χ4v) is 3.74. The topological polar surface area (TPSA) is 76.1 Å². The summed E-state index contributed by atoms with van der Waals surface area (Å²) in [6, 6.07) is 7.05. The van der Waals surface area contributed by atoms with Crippen LogP contribution in [0.4, 0.5) is 20.5 Å². The normalized spacial score (nSPS) is 17.5. The number of nitrogens with one attached hydrogen (secondary N) is 1. The maximum atomic E-state index is 13.9. The van der Waals surface area contributed by atoms with Crippen LogP contribution in [0.3, 0.4) is 0 Å². The number of nitrogens with zero attached hydrogens (tertiary/aromatic N) is 5. The molecule has 0 aliphatic carbocycles. The molecular formula is C19H19F2IN6O. The summed E-state index contributed by atoms with van der Waals surface area (Å²) >= 11 is 1.10. The van der Waals surface area contributed by atoms with E-state index in [2.05, 4.69) is 30.2 Å². The van der Waals surface area contributed by atoms with Crippen LogP contribution in [0.1, 0.15) is 18.2 Å². The number of rotatable bonds is 5. The van der Waals surface area contributed by atoms with Crippen molar-refractivity contribution in [2.45, 2.75) is 23.4 Å². The number of morpholine rings is 1. The van der Waals surface area contributed by atoms with Crippen molar-refractivity contribution < 1.29 is 13.5 Å². The van der Waals surface area contributed by atoms with Gasteiger partial charge in [-0.2, -0.15) is 18.7 Å². The first-order chi connectivity index (χ1) is 13.9. The predicted molar refractivity (Wildman–Crippen MR) is 114 cm³/mol. The van der Waals surface area contributed by atoms with E-state index >= 15 is 0 Å². The number of pyridine rings is 2. The summed E-state index contributed by atoms with van der Waals surface area (Å²) in [5, 5.41) is 3.91. The van der Waals surface area contributed by atoms with Gasteiger partial charge in [0.1, 0.15) is 11.5 Å². The van der Waals surface area contributed by atoms with E-state index in [0.29, 0.717) is 42.7 Å². The maximum absolute atomic E-state index is 13.9. The van der Waals surface area contributed by atoms with Gasteiger partial charge < -0.3 is 15.0 Å². The molecule has 0 radical (unpaired) electrons. The third-order valence-corrected chi connectivity index (χ3v) is 5.20. The molecule has 0 amide bonds. The Labute approximate surface area is 180 Å². The second-order valence-corrected chi connectivity index (χ2v) is 8.08. The van der Waals surface area contributed by atoms with Crippen molar-refractivity contribution in [3.8, 4) is 0 Å². The van der Waals surface area contributed by atoms with Gasteiger partial charge in [0.2, 0.25) is 5.95 Å². The third kappa shape index (κ3) is 4.37. The average molecular weight is 512 g/mol. The number of halogens is 3. The van der Waals surface area contributed by atoms with Crippen molar-refractivity contribution in [1.29, 1.82) is 0 Å². The van der Waals surface area contributed by atoms with Crippen molar-refractivity contribution >= 4 is 45.4 Å². The smallest absolute Gasteiger partial charge is 0.338 e. The lowest BCUT2D eigenvalue weighted by molar-refractivity contribution is 0.0981. The Morgan fingerprint density at radius 1 is 1.24 bits per heavy atom. The van der Waals surface area contributed by atoms with E-state index in [0.717, 1.165) is 28.0 Å². The quantitative estimate of drug-likeness (QED) is 0.413. The summed E-state index contributed by atoms with van der Waals surface area (Å²) in [6.45, 7) is 4.06. The molecule has 1 aliphatic rings. The summed E-state index contributed by atoms with van der Waals surface area (Å²) in [5.74, 6) is 1.09. The first-order valence-electron chi connectivity index (χ1n) is 9.15. The second kappa shape index (κ2) is 8.27. The van der Waals surface area contributed by atoms with Crippen molar-refractivity contribution in [3.63, 3.8) is 0 Å². The SMILES string of the molecule is CC1COCCN1c1nc(NCc2cccnc2C(F)(F)I)c2cccnc2n1. The van der Waals surface area contributed by atoms with Gasteiger partial charge in [0.25, 0.3) is 0 Å². The van der Waals surface area contributed by atoms with E-state index in [1.165, 1.54) is 6.20 Å². The average Bonchev–Trinajstić information content (AvgIpc) is 2.71. The van der Waals surface area contributed by atoms with Gasteiger partial charge in [-0.15, -0.1) is 0 Å². The fourth-order valence-electron chi connectivity index (χ4n) is 3.25. The van der Waals surface area contributed by atoms with Gasteiger partial charge in [-0.05, 0) is 30.7 Å². The molecule has 3 aromatic heterocycles. The Hall–Kier alpha value is -2.21. The molecule has 152 valence electrons. The van der Waals surface area contributed by atoms with E-state index in [1.807, 2.05) is 13.0 Å². The van der Waals surface area contributed by atoms with E-state index in [-0.39, 0.29) is 18.3 Å². The minimum Gasteiger partial charge on any atom is -0.377 e. The molecule has 0 spiro atoms. The lowest BCUT2D eigenvalue weighted by atomic mass is 10.2. The molecule has 7 nitrogen and oxygen atoms in total. The number of fused-ring (bicyclic) bond motifs is 1. The first kappa shape index (κ1) is 20.1. The molecule has 4 rings (SSSR count). The predicted octanol–water partition coefficient (Wildman–Crippen LogP) is 3.74. The van der Waals surface area contributed by atoms with Crippen molar-refractivity contribution in [1.82, 2.24) is 19.9 Å². The number of alkyl halides is 3. The van der Waals surface area contributed by atoms with E-state index in [9.17, 15) is 8.78 Å². The van der Waals surface area contributed by atoms with Crippen LogP contribution in [-0.2, 0) is 15.2 Å². The summed E-state index contributed by atoms with van der Waals surface area (Å²) in [7, 11) is 0. The highest BCUT2D eigenvalue weighted by molar-refractivity contribution is 14.1. The highest BCUT2D eigenvalue weighted by Gasteiger charge is 2.31. The third-order valence-electron chi connectivity index (χ3n) is 4.69. The minimum atomic E-state index is -3.06. The van der Waals surface area contributed by atoms with Crippen LogP contribution in [0.15, 0.2) is 36.7 Å². The molecular weight excluding hydrogens is 493 g/mol. The van der Waals surface area contributed by atoms with Crippen molar-refractivity contribution in [3.05, 3.63) is 47.9 Å². The molecule has 29 heavy (non-hydrogen) atoms. The number of hydrogen-bond acceptors (Lipinski definition) is 7. The molecule has 0 bridgehead atoms. The lowest BCUT2D eigenvalue weighted by Crippen LogP contribution is -2.44. The van der Waals surface area contributed by atoms with Crippen LogP contribution < -0.4 is 10.2 Å². The number of aromatic nitrogens is 4. The molecule has 1 saturated heterocycles. The molecule has 4 heterocycles. The fraction of sp³-hybridized carbons (Fsp3) is 0.368. The molecule has 10 heteroatoms. The van der Waals surface area contributed by atoms with E-state index in [1.54, 1.807) is 24.4 Å². The Bertz CT molecular complexity index is 1020. The molecule has 1 atom stereocenters. The van der Waals surface area contributed by atoms with Gasteiger partial charge >= 0.3 is 3.93 Å². The standard InChI is InChI=1S/C19H19F2IN6O/c1-12-11-29-9-8-28(12)18-26-16-14(5-3-7-24-16)17(27-18)25-10-13-4-2-6-23-15(13)19(20,21)22/h2-7,12H,8-11H2,1H3,(H,24,25,26,27). The zero-order valence-electron chi connectivity index (χ0n) is 15.6. The zero-order chi connectivity index (χ0) is 20.4. The van der Waals surface area contributed by atoms with Crippen LogP contribution in [0.2, 0.25) is 0 Å². The summed E-state index contributed by atoms with van der Waals surface area (Å²) in [6.07, 6.45) is 3.04. The Balaban J connectivity index is 1.69. The number of hydrogen-bond donors (Lipinski definition) is 1. The Kier molecular flexibility index (Phi) is 5.72. The zero-order valence-corrected chi connectivity index (χ0v) is 17.8. The molecule has 1 aliphatic heterocycles. The number of anilines is 2. The van der Waals surface area contributed by atoms with E-state index in [4.69, 9.17) is 4.74 Å². The van der Waals surface area contributed by atoms with Crippen LogP contribution in [0.25, 0.3) is 11.0 Å². The van der Waals surface area contributed by atoms with Crippen molar-refractivity contribution in [2.24, 2.45) is 0 Å². The molecule has 0 saturated carbocycles. The highest BCUT2D eigenvalue weighted by atomic mass is 127. The lowest BCUT2D eigenvalue weighted by Gasteiger charge is -2.33. The maximum Gasteiger partial charge on any atom is 0.338 e.